The molecule has 4 aromatic rings. The third-order valence-electron chi connectivity index (χ3n) is 5.13. The zero-order chi connectivity index (χ0) is 21.6. The van der Waals surface area contributed by atoms with Gasteiger partial charge in [0.1, 0.15) is 0 Å². The van der Waals surface area contributed by atoms with Crippen LogP contribution in [0.2, 0.25) is 0 Å². The van der Waals surface area contributed by atoms with Crippen LogP contribution in [0.15, 0.2) is 66.9 Å². The summed E-state index contributed by atoms with van der Waals surface area (Å²) in [6.07, 6.45) is 2.34. The average Bonchev–Trinajstić information content (AvgIpc) is 3.28. The third kappa shape index (κ3) is 4.66. The van der Waals surface area contributed by atoms with E-state index < -0.39 is 0 Å². The quantitative estimate of drug-likeness (QED) is 0.476. The summed E-state index contributed by atoms with van der Waals surface area (Å²) < 4.78 is 12.3. The maximum absolute atomic E-state index is 12.5. The van der Waals surface area contributed by atoms with Gasteiger partial charge in [-0.05, 0) is 40.5 Å². The third-order valence-corrected chi connectivity index (χ3v) is 5.13. The molecule has 1 amide bonds. The molecule has 1 N–H and O–H groups in total. The SMILES string of the molecule is COc1ccc(CCNC(=O)c2cn(Cc3cccc4ccccc34)nn2)cc1OC. The van der Waals surface area contributed by atoms with Gasteiger partial charge in [-0.25, -0.2) is 4.68 Å². The summed E-state index contributed by atoms with van der Waals surface area (Å²) in [7, 11) is 3.20. The molecule has 0 aliphatic rings. The lowest BCUT2D eigenvalue weighted by Gasteiger charge is -2.09. The summed E-state index contributed by atoms with van der Waals surface area (Å²) >= 11 is 0. The molecule has 0 atom stereocenters. The molecular formula is C24H24N4O3. The molecule has 0 radical (unpaired) electrons. The van der Waals surface area contributed by atoms with Crippen LogP contribution in [-0.4, -0.2) is 41.7 Å². The molecule has 0 spiro atoms. The number of carbonyl (C=O) groups is 1. The number of carbonyl (C=O) groups excluding carboxylic acids is 1. The summed E-state index contributed by atoms with van der Waals surface area (Å²) in [5.41, 5.74) is 2.47. The van der Waals surface area contributed by atoms with E-state index in [9.17, 15) is 4.79 Å². The Morgan fingerprint density at radius 3 is 2.65 bits per heavy atom. The highest BCUT2D eigenvalue weighted by molar-refractivity contribution is 5.91. The Balaban J connectivity index is 1.36. The summed E-state index contributed by atoms with van der Waals surface area (Å²) in [6.45, 7) is 1.03. The molecule has 3 aromatic carbocycles. The predicted octanol–water partition coefficient (Wildman–Crippen LogP) is 3.47. The Morgan fingerprint density at radius 1 is 1.00 bits per heavy atom. The van der Waals surface area contributed by atoms with Crippen LogP contribution in [0.5, 0.6) is 11.5 Å². The van der Waals surface area contributed by atoms with Gasteiger partial charge in [0.05, 0.1) is 27.0 Å². The van der Waals surface area contributed by atoms with Crippen molar-refractivity contribution in [3.8, 4) is 11.5 Å². The number of fused-ring (bicyclic) bond motifs is 1. The standard InChI is InChI=1S/C24H24N4O3/c1-30-22-11-10-17(14-23(22)31-2)12-13-25-24(29)21-16-28(27-26-21)15-19-8-5-7-18-6-3-4-9-20(18)19/h3-11,14,16H,12-13,15H2,1-2H3,(H,25,29). The number of amides is 1. The highest BCUT2D eigenvalue weighted by Crippen LogP contribution is 2.27. The topological polar surface area (TPSA) is 78.3 Å². The maximum atomic E-state index is 12.5. The summed E-state index contributed by atoms with van der Waals surface area (Å²) in [4.78, 5) is 12.5. The maximum Gasteiger partial charge on any atom is 0.273 e. The van der Waals surface area contributed by atoms with Gasteiger partial charge in [-0.15, -0.1) is 5.10 Å². The first-order chi connectivity index (χ1) is 15.2. The number of benzene rings is 3. The second-order valence-electron chi connectivity index (χ2n) is 7.13. The zero-order valence-electron chi connectivity index (χ0n) is 17.5. The lowest BCUT2D eigenvalue weighted by Crippen LogP contribution is -2.26. The van der Waals surface area contributed by atoms with E-state index in [0.717, 1.165) is 11.1 Å². The van der Waals surface area contributed by atoms with Gasteiger partial charge >= 0.3 is 0 Å². The molecule has 0 bridgehead atoms. The lowest BCUT2D eigenvalue weighted by molar-refractivity contribution is 0.0949. The first-order valence-electron chi connectivity index (χ1n) is 10.0. The van der Waals surface area contributed by atoms with Crippen molar-refractivity contribution in [2.45, 2.75) is 13.0 Å². The number of aromatic nitrogens is 3. The molecule has 0 unspecified atom stereocenters. The minimum absolute atomic E-state index is 0.246. The summed E-state index contributed by atoms with van der Waals surface area (Å²) in [5, 5.41) is 13.4. The molecule has 0 saturated carbocycles. The first kappa shape index (κ1) is 20.4. The van der Waals surface area contributed by atoms with Gasteiger partial charge in [-0.3, -0.25) is 4.79 Å². The van der Waals surface area contributed by atoms with Crippen molar-refractivity contribution in [1.29, 1.82) is 0 Å². The van der Waals surface area contributed by atoms with Crippen molar-refractivity contribution >= 4 is 16.7 Å². The van der Waals surface area contributed by atoms with Crippen molar-refractivity contribution in [2.24, 2.45) is 0 Å². The molecule has 4 rings (SSSR count). The average molecular weight is 416 g/mol. The van der Waals surface area contributed by atoms with Crippen LogP contribution < -0.4 is 14.8 Å². The van der Waals surface area contributed by atoms with E-state index >= 15 is 0 Å². The molecule has 0 aliphatic heterocycles. The van der Waals surface area contributed by atoms with E-state index in [1.807, 2.05) is 36.4 Å². The summed E-state index contributed by atoms with van der Waals surface area (Å²) in [6, 6.07) is 20.1. The molecule has 31 heavy (non-hydrogen) atoms. The molecule has 0 saturated heterocycles. The van der Waals surface area contributed by atoms with Crippen molar-refractivity contribution in [3.63, 3.8) is 0 Å². The van der Waals surface area contributed by atoms with Gasteiger partial charge in [0.25, 0.3) is 5.91 Å². The van der Waals surface area contributed by atoms with Gasteiger partial charge in [0.2, 0.25) is 0 Å². The van der Waals surface area contributed by atoms with Crippen LogP contribution >= 0.6 is 0 Å². The molecular weight excluding hydrogens is 392 g/mol. The molecule has 7 heteroatoms. The smallest absolute Gasteiger partial charge is 0.273 e. The highest BCUT2D eigenvalue weighted by atomic mass is 16.5. The van der Waals surface area contributed by atoms with Crippen LogP contribution in [0, 0.1) is 0 Å². The molecule has 158 valence electrons. The number of nitrogens with one attached hydrogen (secondary N) is 1. The second kappa shape index (κ2) is 9.30. The largest absolute Gasteiger partial charge is 0.493 e. The molecule has 0 fully saturated rings. The Bertz CT molecular complexity index is 1200. The number of hydrogen-bond acceptors (Lipinski definition) is 5. The zero-order valence-corrected chi connectivity index (χ0v) is 17.5. The highest BCUT2D eigenvalue weighted by Gasteiger charge is 2.12. The van der Waals surface area contributed by atoms with Crippen molar-refractivity contribution in [3.05, 3.63) is 83.7 Å². The Kier molecular flexibility index (Phi) is 6.12. The number of nitrogens with zero attached hydrogens (tertiary/aromatic N) is 3. The van der Waals surface area contributed by atoms with Crippen LogP contribution in [-0.2, 0) is 13.0 Å². The monoisotopic (exact) mass is 416 g/mol. The van der Waals surface area contributed by atoms with Crippen LogP contribution in [0.4, 0.5) is 0 Å². The van der Waals surface area contributed by atoms with Crippen molar-refractivity contribution in [1.82, 2.24) is 20.3 Å². The Labute approximate surface area is 180 Å². The van der Waals surface area contributed by atoms with E-state index in [0.29, 0.717) is 36.7 Å². The van der Waals surface area contributed by atoms with Gasteiger partial charge in [-0.2, -0.15) is 0 Å². The minimum Gasteiger partial charge on any atom is -0.493 e. The molecule has 1 heterocycles. The van der Waals surface area contributed by atoms with Gasteiger partial charge < -0.3 is 14.8 Å². The Hall–Kier alpha value is -3.87. The lowest BCUT2D eigenvalue weighted by atomic mass is 10.0. The predicted molar refractivity (Wildman–Crippen MR) is 119 cm³/mol. The molecule has 1 aromatic heterocycles. The van der Waals surface area contributed by atoms with Gasteiger partial charge in [0.15, 0.2) is 17.2 Å². The normalized spacial score (nSPS) is 10.8. The van der Waals surface area contributed by atoms with Gasteiger partial charge in [0, 0.05) is 6.54 Å². The van der Waals surface area contributed by atoms with Crippen LogP contribution in [0.1, 0.15) is 21.6 Å². The van der Waals surface area contributed by atoms with E-state index in [4.69, 9.17) is 9.47 Å². The minimum atomic E-state index is -0.246. The van der Waals surface area contributed by atoms with E-state index in [2.05, 4.69) is 39.9 Å². The Morgan fingerprint density at radius 2 is 1.81 bits per heavy atom. The fraction of sp³-hybridized carbons (Fsp3) is 0.208. The summed E-state index contributed by atoms with van der Waals surface area (Å²) in [5.74, 6) is 1.10. The van der Waals surface area contributed by atoms with E-state index in [1.165, 1.54) is 10.8 Å². The number of methoxy groups -OCH3 is 2. The molecule has 7 nitrogen and oxygen atoms in total. The first-order valence-corrected chi connectivity index (χ1v) is 10.0. The van der Waals surface area contributed by atoms with E-state index in [-0.39, 0.29) is 5.91 Å². The van der Waals surface area contributed by atoms with Crippen molar-refractivity contribution in [2.75, 3.05) is 20.8 Å². The number of rotatable bonds is 8. The van der Waals surface area contributed by atoms with Crippen LogP contribution in [0.3, 0.4) is 0 Å². The second-order valence-corrected chi connectivity index (χ2v) is 7.13. The van der Waals surface area contributed by atoms with Crippen molar-refractivity contribution < 1.29 is 14.3 Å². The number of ether oxygens (including phenoxy) is 2. The fourth-order valence-electron chi connectivity index (χ4n) is 3.53. The molecule has 0 aliphatic carbocycles. The number of hydrogen-bond donors (Lipinski definition) is 1. The van der Waals surface area contributed by atoms with Gasteiger partial charge in [-0.1, -0.05) is 53.7 Å². The van der Waals surface area contributed by atoms with E-state index in [1.54, 1.807) is 25.1 Å². The van der Waals surface area contributed by atoms with Crippen LogP contribution in [0.25, 0.3) is 10.8 Å². The fourth-order valence-corrected chi connectivity index (χ4v) is 3.53.